The molecule has 0 saturated carbocycles. The van der Waals surface area contributed by atoms with Crippen LogP contribution in [-0.4, -0.2) is 23.2 Å². The van der Waals surface area contributed by atoms with Gasteiger partial charge in [-0.05, 0) is 45.0 Å². The molecule has 1 amide bonds. The number of rotatable bonds is 6. The molecule has 0 aliphatic rings. The molecule has 0 fully saturated rings. The Morgan fingerprint density at radius 3 is 2.33 bits per heavy atom. The molecule has 3 N–H and O–H groups in total. The van der Waals surface area contributed by atoms with Crippen LogP contribution in [-0.2, 0) is 4.79 Å². The molecule has 1 aromatic carbocycles. The van der Waals surface area contributed by atoms with Gasteiger partial charge in [-0.25, -0.2) is 0 Å². The number of hydrogen-bond acceptors (Lipinski definition) is 3. The van der Waals surface area contributed by atoms with Crippen LogP contribution in [0.25, 0.3) is 0 Å². The summed E-state index contributed by atoms with van der Waals surface area (Å²) in [6.07, 6.45) is 0. The predicted octanol–water partition coefficient (Wildman–Crippen LogP) is 3.84. The molecule has 120 valence electrons. The monoisotopic (exact) mass is 394 g/mol. The lowest BCUT2D eigenvalue weighted by Crippen LogP contribution is -2.43. The molecule has 0 saturated heterocycles. The maximum Gasteiger partial charge on any atom is 0.224 e. The molecule has 0 radical (unpaired) electrons. The van der Waals surface area contributed by atoms with E-state index in [4.69, 9.17) is 5.73 Å². The first kappa shape index (κ1) is 20.8. The van der Waals surface area contributed by atoms with Gasteiger partial charge in [-0.1, -0.05) is 22.9 Å². The molecule has 0 aliphatic carbocycles. The first-order valence-electron chi connectivity index (χ1n) is 6.69. The van der Waals surface area contributed by atoms with Gasteiger partial charge in [-0.2, -0.15) is 0 Å². The average Bonchev–Trinajstić information content (AvgIpc) is 2.37. The molecule has 0 aromatic heterocycles. The molecule has 0 spiro atoms. The minimum absolute atomic E-state index is 0. The molecule has 0 bridgehead atoms. The zero-order valence-electron chi connectivity index (χ0n) is 12.9. The Kier molecular flexibility index (Phi) is 8.93. The molecule has 0 aliphatic heterocycles. The number of halogens is 2. The van der Waals surface area contributed by atoms with E-state index in [1.54, 1.807) is 11.8 Å². The highest BCUT2D eigenvalue weighted by molar-refractivity contribution is 9.10. The molecule has 1 rings (SSSR count). The van der Waals surface area contributed by atoms with Crippen LogP contribution in [0.1, 0.15) is 27.7 Å². The summed E-state index contributed by atoms with van der Waals surface area (Å²) in [5, 5.41) is 2.99. The van der Waals surface area contributed by atoms with Crippen molar-refractivity contribution in [1.82, 2.24) is 5.32 Å². The summed E-state index contributed by atoms with van der Waals surface area (Å²) < 4.78 is 1.000. The number of nitrogens with two attached hydrogens (primary N) is 1. The molecule has 2 unspecified atom stereocenters. The van der Waals surface area contributed by atoms with E-state index in [1.165, 1.54) is 4.90 Å². The summed E-state index contributed by atoms with van der Waals surface area (Å²) in [5.41, 5.74) is 5.74. The molecule has 6 heteroatoms. The topological polar surface area (TPSA) is 55.1 Å². The summed E-state index contributed by atoms with van der Waals surface area (Å²) in [6, 6.07) is 8.06. The second-order valence-corrected chi connectivity index (χ2v) is 8.38. The lowest BCUT2D eigenvalue weighted by molar-refractivity contribution is -0.125. The van der Waals surface area contributed by atoms with Crippen LogP contribution in [0.4, 0.5) is 0 Å². The first-order chi connectivity index (χ1) is 9.21. The molecule has 21 heavy (non-hydrogen) atoms. The molecule has 2 atom stereocenters. The smallest absolute Gasteiger partial charge is 0.224 e. The highest BCUT2D eigenvalue weighted by Gasteiger charge is 2.23. The Labute approximate surface area is 146 Å². The Morgan fingerprint density at radius 1 is 1.33 bits per heavy atom. The van der Waals surface area contributed by atoms with Gasteiger partial charge in [-0.15, -0.1) is 24.2 Å². The van der Waals surface area contributed by atoms with Crippen LogP contribution in [0, 0.1) is 5.92 Å². The van der Waals surface area contributed by atoms with E-state index < -0.39 is 0 Å². The predicted molar refractivity (Wildman–Crippen MR) is 97.1 cm³/mol. The SMILES string of the molecule is CC(N)C(C)C(=O)NCC(C)(C)Sc1ccc(Br)cc1.Cl. The quantitative estimate of drug-likeness (QED) is 0.719. The van der Waals surface area contributed by atoms with Crippen molar-refractivity contribution in [3.05, 3.63) is 28.7 Å². The van der Waals surface area contributed by atoms with Crippen LogP contribution >= 0.6 is 40.1 Å². The van der Waals surface area contributed by atoms with Gasteiger partial charge in [0.25, 0.3) is 0 Å². The molecular formula is C15H24BrClN2OS. The summed E-state index contributed by atoms with van der Waals surface area (Å²) in [6.45, 7) is 8.57. The third-order valence-electron chi connectivity index (χ3n) is 3.10. The number of hydrogen-bond donors (Lipinski definition) is 2. The fourth-order valence-corrected chi connectivity index (χ4v) is 2.88. The second-order valence-electron chi connectivity index (χ2n) is 5.68. The Balaban J connectivity index is 0.00000400. The van der Waals surface area contributed by atoms with E-state index in [2.05, 4.69) is 47.2 Å². The largest absolute Gasteiger partial charge is 0.354 e. The van der Waals surface area contributed by atoms with Crippen LogP contribution in [0.2, 0.25) is 0 Å². The van der Waals surface area contributed by atoms with Crippen molar-refractivity contribution < 1.29 is 4.79 Å². The number of carbonyl (C=O) groups excluding carboxylic acids is 1. The van der Waals surface area contributed by atoms with Crippen LogP contribution in [0.3, 0.4) is 0 Å². The number of nitrogens with one attached hydrogen (secondary N) is 1. The van der Waals surface area contributed by atoms with Crippen molar-refractivity contribution in [1.29, 1.82) is 0 Å². The third kappa shape index (κ3) is 7.54. The zero-order chi connectivity index (χ0) is 15.3. The number of carbonyl (C=O) groups is 1. The van der Waals surface area contributed by atoms with Crippen molar-refractivity contribution in [2.24, 2.45) is 11.7 Å². The summed E-state index contributed by atoms with van der Waals surface area (Å²) in [5.74, 6) is -0.145. The molecule has 0 heterocycles. The minimum atomic E-state index is -0.163. The van der Waals surface area contributed by atoms with E-state index in [-0.39, 0.29) is 35.0 Å². The fourth-order valence-electron chi connectivity index (χ4n) is 1.56. The van der Waals surface area contributed by atoms with E-state index in [0.717, 1.165) is 4.47 Å². The normalized spacial score (nSPS) is 14.0. The average molecular weight is 396 g/mol. The van der Waals surface area contributed by atoms with Crippen molar-refractivity contribution in [2.75, 3.05) is 6.54 Å². The van der Waals surface area contributed by atoms with Gasteiger partial charge >= 0.3 is 0 Å². The van der Waals surface area contributed by atoms with Gasteiger partial charge in [0, 0.05) is 32.6 Å². The molecule has 3 nitrogen and oxygen atoms in total. The summed E-state index contributed by atoms with van der Waals surface area (Å²) in [4.78, 5) is 13.1. The van der Waals surface area contributed by atoms with E-state index >= 15 is 0 Å². The van der Waals surface area contributed by atoms with E-state index in [0.29, 0.717) is 6.54 Å². The fraction of sp³-hybridized carbons (Fsp3) is 0.533. The van der Waals surface area contributed by atoms with E-state index in [1.807, 2.05) is 26.0 Å². The lowest BCUT2D eigenvalue weighted by atomic mass is 10.0. The van der Waals surface area contributed by atoms with Crippen LogP contribution in [0.5, 0.6) is 0 Å². The van der Waals surface area contributed by atoms with Gasteiger partial charge in [0.15, 0.2) is 0 Å². The molecular weight excluding hydrogens is 372 g/mol. The maximum absolute atomic E-state index is 11.9. The maximum atomic E-state index is 11.9. The van der Waals surface area contributed by atoms with Crippen LogP contribution < -0.4 is 11.1 Å². The van der Waals surface area contributed by atoms with E-state index in [9.17, 15) is 4.79 Å². The second kappa shape index (κ2) is 9.03. The van der Waals surface area contributed by atoms with Gasteiger partial charge < -0.3 is 11.1 Å². The number of thioether (sulfide) groups is 1. The Hall–Kier alpha value is -0.230. The highest BCUT2D eigenvalue weighted by Crippen LogP contribution is 2.32. The lowest BCUT2D eigenvalue weighted by Gasteiger charge is -2.26. The van der Waals surface area contributed by atoms with Gasteiger partial charge in [0.1, 0.15) is 0 Å². The number of benzene rings is 1. The Bertz CT molecular complexity index is 451. The highest BCUT2D eigenvalue weighted by atomic mass is 79.9. The first-order valence-corrected chi connectivity index (χ1v) is 8.30. The summed E-state index contributed by atoms with van der Waals surface area (Å²) >= 11 is 5.18. The van der Waals surface area contributed by atoms with Crippen molar-refractivity contribution >= 4 is 46.0 Å². The van der Waals surface area contributed by atoms with Crippen molar-refractivity contribution in [3.8, 4) is 0 Å². The van der Waals surface area contributed by atoms with Gasteiger partial charge in [-0.3, -0.25) is 4.79 Å². The van der Waals surface area contributed by atoms with Gasteiger partial charge in [0.05, 0.1) is 0 Å². The third-order valence-corrected chi connectivity index (χ3v) is 4.83. The van der Waals surface area contributed by atoms with Crippen molar-refractivity contribution in [2.45, 2.75) is 43.4 Å². The van der Waals surface area contributed by atoms with Crippen LogP contribution in [0.15, 0.2) is 33.6 Å². The number of amides is 1. The zero-order valence-corrected chi connectivity index (χ0v) is 16.1. The van der Waals surface area contributed by atoms with Crippen molar-refractivity contribution in [3.63, 3.8) is 0 Å². The Morgan fingerprint density at radius 2 is 1.86 bits per heavy atom. The molecule has 1 aromatic rings. The standard InChI is InChI=1S/C15H23BrN2OS.ClH/c1-10(11(2)17)14(19)18-9-15(3,4)20-13-7-5-12(16)6-8-13;/h5-8,10-11H,9,17H2,1-4H3,(H,18,19);1H. The summed E-state index contributed by atoms with van der Waals surface area (Å²) in [7, 11) is 0. The van der Waals surface area contributed by atoms with Gasteiger partial charge in [0.2, 0.25) is 5.91 Å². The minimum Gasteiger partial charge on any atom is -0.354 e.